The minimum atomic E-state index is -0.551. The van der Waals surface area contributed by atoms with Gasteiger partial charge in [0.05, 0.1) is 6.61 Å². The molecule has 0 aromatic rings. The Balaban J connectivity index is 2.18. The fourth-order valence-corrected chi connectivity index (χ4v) is 3.73. The molecule has 1 aliphatic carbocycles. The van der Waals surface area contributed by atoms with Crippen LogP contribution in [0.15, 0.2) is 0 Å². The van der Waals surface area contributed by atoms with Crippen LogP contribution in [0.25, 0.3) is 0 Å². The highest BCUT2D eigenvalue weighted by Crippen LogP contribution is 2.52. The number of rotatable bonds is 4. The second kappa shape index (κ2) is 5.54. The molecular formula is C15H22O5. The van der Waals surface area contributed by atoms with Gasteiger partial charge in [0, 0.05) is 24.7 Å². The largest absolute Gasteiger partial charge is 0.466 e. The SMILES string of the molecule is CCOC(=O)C[C@H]1[C@@H](C)[C@@]2(CCC(=O)O2)C[C@H]1C(C)=O. The summed E-state index contributed by atoms with van der Waals surface area (Å²) < 4.78 is 10.5. The monoisotopic (exact) mass is 282 g/mol. The average Bonchev–Trinajstić information content (AvgIpc) is 2.86. The first-order valence-corrected chi connectivity index (χ1v) is 7.27. The van der Waals surface area contributed by atoms with Crippen LogP contribution >= 0.6 is 0 Å². The Morgan fingerprint density at radius 3 is 2.65 bits per heavy atom. The van der Waals surface area contributed by atoms with E-state index in [9.17, 15) is 14.4 Å². The zero-order valence-electron chi connectivity index (χ0n) is 12.3. The number of carbonyl (C=O) groups is 3. The van der Waals surface area contributed by atoms with Gasteiger partial charge in [-0.05, 0) is 32.6 Å². The van der Waals surface area contributed by atoms with E-state index in [1.165, 1.54) is 0 Å². The quantitative estimate of drug-likeness (QED) is 0.736. The highest BCUT2D eigenvalue weighted by atomic mass is 16.6. The van der Waals surface area contributed by atoms with E-state index in [4.69, 9.17) is 9.47 Å². The van der Waals surface area contributed by atoms with E-state index in [1.54, 1.807) is 13.8 Å². The molecule has 0 unspecified atom stereocenters. The molecule has 5 nitrogen and oxygen atoms in total. The first-order valence-electron chi connectivity index (χ1n) is 7.27. The van der Waals surface area contributed by atoms with Crippen molar-refractivity contribution in [3.8, 4) is 0 Å². The zero-order chi connectivity index (χ0) is 14.9. The van der Waals surface area contributed by atoms with Crippen molar-refractivity contribution in [1.82, 2.24) is 0 Å². The summed E-state index contributed by atoms with van der Waals surface area (Å²) in [4.78, 5) is 35.1. The third kappa shape index (κ3) is 2.58. The zero-order valence-corrected chi connectivity index (χ0v) is 12.3. The van der Waals surface area contributed by atoms with E-state index < -0.39 is 5.60 Å². The van der Waals surface area contributed by atoms with E-state index in [1.807, 2.05) is 6.92 Å². The lowest BCUT2D eigenvalue weighted by molar-refractivity contribution is -0.151. The van der Waals surface area contributed by atoms with Crippen LogP contribution in [-0.2, 0) is 23.9 Å². The van der Waals surface area contributed by atoms with Gasteiger partial charge in [-0.25, -0.2) is 0 Å². The van der Waals surface area contributed by atoms with Gasteiger partial charge in [-0.3, -0.25) is 14.4 Å². The molecular weight excluding hydrogens is 260 g/mol. The van der Waals surface area contributed by atoms with E-state index in [-0.39, 0.29) is 41.9 Å². The number of carbonyl (C=O) groups excluding carboxylic acids is 3. The summed E-state index contributed by atoms with van der Waals surface area (Å²) in [5.74, 6) is -0.733. The molecule has 0 radical (unpaired) electrons. The molecule has 0 bridgehead atoms. The van der Waals surface area contributed by atoms with Crippen LogP contribution < -0.4 is 0 Å². The van der Waals surface area contributed by atoms with Gasteiger partial charge in [0.2, 0.25) is 0 Å². The van der Waals surface area contributed by atoms with Gasteiger partial charge in [0.15, 0.2) is 0 Å². The summed E-state index contributed by atoms with van der Waals surface area (Å²) in [6.45, 7) is 5.63. The van der Waals surface area contributed by atoms with Crippen molar-refractivity contribution in [2.75, 3.05) is 6.61 Å². The van der Waals surface area contributed by atoms with Crippen LogP contribution in [-0.4, -0.2) is 29.9 Å². The van der Waals surface area contributed by atoms with Crippen molar-refractivity contribution in [2.45, 2.75) is 52.1 Å². The summed E-state index contributed by atoms with van der Waals surface area (Å²) in [6.07, 6.45) is 1.81. The molecule has 0 aromatic carbocycles. The van der Waals surface area contributed by atoms with Crippen molar-refractivity contribution in [2.24, 2.45) is 17.8 Å². The van der Waals surface area contributed by atoms with E-state index in [0.29, 0.717) is 25.9 Å². The van der Waals surface area contributed by atoms with E-state index >= 15 is 0 Å². The van der Waals surface area contributed by atoms with Crippen molar-refractivity contribution in [3.05, 3.63) is 0 Å². The van der Waals surface area contributed by atoms with Gasteiger partial charge in [0.25, 0.3) is 0 Å². The molecule has 0 aromatic heterocycles. The molecule has 112 valence electrons. The lowest BCUT2D eigenvalue weighted by atomic mass is 9.82. The maximum Gasteiger partial charge on any atom is 0.306 e. The second-order valence-corrected chi connectivity index (χ2v) is 5.92. The Hall–Kier alpha value is -1.39. The smallest absolute Gasteiger partial charge is 0.306 e. The van der Waals surface area contributed by atoms with Crippen molar-refractivity contribution in [3.63, 3.8) is 0 Å². The molecule has 1 heterocycles. The van der Waals surface area contributed by atoms with Crippen molar-refractivity contribution < 1.29 is 23.9 Å². The molecule has 0 N–H and O–H groups in total. The van der Waals surface area contributed by atoms with Gasteiger partial charge in [0.1, 0.15) is 11.4 Å². The Kier molecular flexibility index (Phi) is 4.16. The predicted octanol–water partition coefficient (Wildman–Crippen LogP) is 1.88. The minimum absolute atomic E-state index is 0.00672. The third-order valence-electron chi connectivity index (χ3n) is 4.85. The molecule has 1 saturated heterocycles. The molecule has 5 heteroatoms. The molecule has 1 spiro atoms. The van der Waals surface area contributed by atoms with Crippen LogP contribution in [0.1, 0.15) is 46.5 Å². The van der Waals surface area contributed by atoms with Gasteiger partial charge in [-0.15, -0.1) is 0 Å². The number of ether oxygens (including phenoxy) is 2. The van der Waals surface area contributed by atoms with Gasteiger partial charge in [-0.1, -0.05) is 6.92 Å². The lowest BCUT2D eigenvalue weighted by Crippen LogP contribution is -2.33. The Morgan fingerprint density at radius 1 is 1.45 bits per heavy atom. The van der Waals surface area contributed by atoms with Crippen molar-refractivity contribution >= 4 is 17.7 Å². The lowest BCUT2D eigenvalue weighted by Gasteiger charge is -2.29. The highest BCUT2D eigenvalue weighted by molar-refractivity contribution is 5.81. The number of hydrogen-bond acceptors (Lipinski definition) is 5. The summed E-state index contributed by atoms with van der Waals surface area (Å²) >= 11 is 0. The third-order valence-corrected chi connectivity index (χ3v) is 4.85. The fraction of sp³-hybridized carbons (Fsp3) is 0.800. The summed E-state index contributed by atoms with van der Waals surface area (Å²) in [5.41, 5.74) is -0.551. The normalized spacial score (nSPS) is 36.1. The highest BCUT2D eigenvalue weighted by Gasteiger charge is 2.57. The minimum Gasteiger partial charge on any atom is -0.466 e. The van der Waals surface area contributed by atoms with Crippen LogP contribution in [0, 0.1) is 17.8 Å². The molecule has 0 amide bonds. The number of ketones is 1. The first kappa shape index (κ1) is 15.0. The maximum atomic E-state index is 11.9. The summed E-state index contributed by atoms with van der Waals surface area (Å²) in [7, 11) is 0. The standard InChI is InChI=1S/C15H22O5/c1-4-19-14(18)7-11-9(2)15(6-5-13(17)20-15)8-12(11)10(3)16/h9,11-12H,4-8H2,1-3H3/t9-,11+,12+,15-/m1/s1. The second-order valence-electron chi connectivity index (χ2n) is 5.92. The fourth-order valence-electron chi connectivity index (χ4n) is 3.73. The van der Waals surface area contributed by atoms with Crippen LogP contribution in [0.4, 0.5) is 0 Å². The summed E-state index contributed by atoms with van der Waals surface area (Å²) in [6, 6.07) is 0. The Bertz CT molecular complexity index is 430. The topological polar surface area (TPSA) is 69.7 Å². The molecule has 20 heavy (non-hydrogen) atoms. The molecule has 1 aliphatic heterocycles. The maximum absolute atomic E-state index is 11.9. The van der Waals surface area contributed by atoms with Crippen LogP contribution in [0.3, 0.4) is 0 Å². The molecule has 4 atom stereocenters. The van der Waals surface area contributed by atoms with E-state index in [0.717, 1.165) is 0 Å². The van der Waals surface area contributed by atoms with Crippen molar-refractivity contribution in [1.29, 1.82) is 0 Å². The molecule has 2 rings (SSSR count). The first-order chi connectivity index (χ1) is 9.39. The predicted molar refractivity (Wildman–Crippen MR) is 70.7 cm³/mol. The Morgan fingerprint density at radius 2 is 2.15 bits per heavy atom. The number of hydrogen-bond donors (Lipinski definition) is 0. The van der Waals surface area contributed by atoms with Crippen LogP contribution in [0.5, 0.6) is 0 Å². The summed E-state index contributed by atoms with van der Waals surface area (Å²) in [5, 5.41) is 0. The molecule has 2 fully saturated rings. The van der Waals surface area contributed by atoms with Gasteiger partial charge < -0.3 is 9.47 Å². The van der Waals surface area contributed by atoms with Gasteiger partial charge in [-0.2, -0.15) is 0 Å². The Labute approximate surface area is 119 Å². The van der Waals surface area contributed by atoms with Crippen LogP contribution in [0.2, 0.25) is 0 Å². The van der Waals surface area contributed by atoms with E-state index in [2.05, 4.69) is 0 Å². The average molecular weight is 282 g/mol. The number of Topliss-reactive ketones (excluding diaryl/α,β-unsaturated/α-hetero) is 1. The number of esters is 2. The van der Waals surface area contributed by atoms with Gasteiger partial charge >= 0.3 is 11.9 Å². The molecule has 1 saturated carbocycles. The molecule has 2 aliphatic rings.